The van der Waals surface area contributed by atoms with Crippen LogP contribution < -0.4 is 5.32 Å². The van der Waals surface area contributed by atoms with E-state index in [4.69, 9.17) is 11.6 Å². The maximum atomic E-state index is 12.5. The molecule has 7 nitrogen and oxygen atoms in total. The van der Waals surface area contributed by atoms with Crippen LogP contribution in [0.25, 0.3) is 11.3 Å². The smallest absolute Gasteiger partial charge is 0.323 e. The van der Waals surface area contributed by atoms with Gasteiger partial charge in [-0.3, -0.25) is 15.1 Å². The fourth-order valence-electron chi connectivity index (χ4n) is 3.12. The van der Waals surface area contributed by atoms with E-state index >= 15 is 0 Å². The molecular formula is C19H22ClN5O2. The maximum absolute atomic E-state index is 12.5. The third-order valence-electron chi connectivity index (χ3n) is 4.79. The molecular weight excluding hydrogens is 366 g/mol. The minimum absolute atomic E-state index is 0.0793. The highest BCUT2D eigenvalue weighted by atomic mass is 35.5. The number of urea groups is 1. The number of amides is 3. The van der Waals surface area contributed by atoms with Crippen LogP contribution in [-0.4, -0.2) is 57.9 Å². The minimum atomic E-state index is -0.235. The Morgan fingerprint density at radius 3 is 2.56 bits per heavy atom. The maximum Gasteiger partial charge on any atom is 0.323 e. The first-order valence-electron chi connectivity index (χ1n) is 8.81. The molecule has 0 bridgehead atoms. The number of halogens is 1. The lowest BCUT2D eigenvalue weighted by Crippen LogP contribution is -2.48. The second-order valence-corrected chi connectivity index (χ2v) is 7.01. The van der Waals surface area contributed by atoms with Crippen molar-refractivity contribution < 1.29 is 9.59 Å². The van der Waals surface area contributed by atoms with Gasteiger partial charge in [0.25, 0.3) is 0 Å². The number of nitrogens with one attached hydrogen (secondary N) is 1. The summed E-state index contributed by atoms with van der Waals surface area (Å²) in [5.41, 5.74) is 1.54. The Kier molecular flexibility index (Phi) is 5.91. The van der Waals surface area contributed by atoms with Crippen LogP contribution in [-0.2, 0) is 4.79 Å². The number of aromatic nitrogens is 2. The van der Waals surface area contributed by atoms with E-state index in [0.29, 0.717) is 29.6 Å². The van der Waals surface area contributed by atoms with E-state index in [1.807, 2.05) is 23.1 Å². The molecule has 1 aliphatic heterocycles. The van der Waals surface area contributed by atoms with Crippen molar-refractivity contribution >= 4 is 29.4 Å². The van der Waals surface area contributed by atoms with Gasteiger partial charge in [-0.25, -0.2) is 9.78 Å². The average molecular weight is 388 g/mol. The highest BCUT2D eigenvalue weighted by Gasteiger charge is 2.26. The monoisotopic (exact) mass is 387 g/mol. The SMILES string of the molecule is CC(=O)N1CCC(N(C)C(=O)Nc2cnc(-c3cccc(Cl)c3)cn2)CC1. The highest BCUT2D eigenvalue weighted by Crippen LogP contribution is 2.21. The molecule has 0 aliphatic carbocycles. The highest BCUT2D eigenvalue weighted by molar-refractivity contribution is 6.30. The lowest BCUT2D eigenvalue weighted by Gasteiger charge is -2.36. The van der Waals surface area contributed by atoms with Gasteiger partial charge < -0.3 is 9.80 Å². The van der Waals surface area contributed by atoms with E-state index in [9.17, 15) is 9.59 Å². The van der Waals surface area contributed by atoms with Crippen LogP contribution in [0.2, 0.25) is 5.02 Å². The zero-order valence-electron chi connectivity index (χ0n) is 15.4. The number of anilines is 1. The number of likely N-dealkylation sites (tertiary alicyclic amines) is 1. The molecule has 1 fully saturated rings. The van der Waals surface area contributed by atoms with Crippen LogP contribution in [0.5, 0.6) is 0 Å². The quantitative estimate of drug-likeness (QED) is 0.876. The molecule has 1 aromatic carbocycles. The van der Waals surface area contributed by atoms with Gasteiger partial charge in [-0.05, 0) is 25.0 Å². The summed E-state index contributed by atoms with van der Waals surface area (Å²) < 4.78 is 0. The lowest BCUT2D eigenvalue weighted by molar-refractivity contribution is -0.130. The predicted octanol–water partition coefficient (Wildman–Crippen LogP) is 3.27. The van der Waals surface area contributed by atoms with Crippen molar-refractivity contribution in [2.75, 3.05) is 25.5 Å². The number of hydrogen-bond acceptors (Lipinski definition) is 4. The van der Waals surface area contributed by atoms with E-state index < -0.39 is 0 Å². The average Bonchev–Trinajstić information content (AvgIpc) is 2.68. The van der Waals surface area contributed by atoms with Gasteiger partial charge in [0.05, 0.1) is 18.1 Å². The van der Waals surface area contributed by atoms with Crippen LogP contribution in [0.4, 0.5) is 10.6 Å². The number of benzene rings is 1. The minimum Gasteiger partial charge on any atom is -0.343 e. The van der Waals surface area contributed by atoms with Gasteiger partial charge in [-0.2, -0.15) is 0 Å². The number of piperidine rings is 1. The Balaban J connectivity index is 1.58. The number of hydrogen-bond donors (Lipinski definition) is 1. The van der Waals surface area contributed by atoms with Crippen molar-refractivity contribution in [1.29, 1.82) is 0 Å². The molecule has 27 heavy (non-hydrogen) atoms. The Morgan fingerprint density at radius 1 is 1.22 bits per heavy atom. The van der Waals surface area contributed by atoms with E-state index in [1.165, 1.54) is 6.20 Å². The fraction of sp³-hybridized carbons (Fsp3) is 0.368. The van der Waals surface area contributed by atoms with Crippen LogP contribution in [0.3, 0.4) is 0 Å². The first-order valence-corrected chi connectivity index (χ1v) is 9.19. The topological polar surface area (TPSA) is 78.4 Å². The lowest BCUT2D eigenvalue weighted by atomic mass is 10.0. The van der Waals surface area contributed by atoms with Crippen molar-refractivity contribution in [3.63, 3.8) is 0 Å². The largest absolute Gasteiger partial charge is 0.343 e. The van der Waals surface area contributed by atoms with Crippen molar-refractivity contribution in [1.82, 2.24) is 19.8 Å². The number of nitrogens with zero attached hydrogens (tertiary/aromatic N) is 4. The Hall–Kier alpha value is -2.67. The van der Waals surface area contributed by atoms with Gasteiger partial charge in [-0.1, -0.05) is 23.7 Å². The normalized spacial score (nSPS) is 14.7. The molecule has 8 heteroatoms. The molecule has 2 aromatic rings. The molecule has 1 aliphatic rings. The van der Waals surface area contributed by atoms with Crippen LogP contribution in [0.1, 0.15) is 19.8 Å². The van der Waals surface area contributed by atoms with Gasteiger partial charge in [0.15, 0.2) is 5.82 Å². The molecule has 3 amide bonds. The van der Waals surface area contributed by atoms with Crippen molar-refractivity contribution in [2.45, 2.75) is 25.8 Å². The second-order valence-electron chi connectivity index (χ2n) is 6.58. The van der Waals surface area contributed by atoms with Crippen LogP contribution in [0, 0.1) is 0 Å². The second kappa shape index (κ2) is 8.35. The van der Waals surface area contributed by atoms with E-state index in [-0.39, 0.29) is 18.0 Å². The molecule has 0 radical (unpaired) electrons. The predicted molar refractivity (Wildman–Crippen MR) is 105 cm³/mol. The van der Waals surface area contributed by atoms with Gasteiger partial charge in [0.1, 0.15) is 0 Å². The molecule has 0 spiro atoms. The van der Waals surface area contributed by atoms with Gasteiger partial charge in [-0.15, -0.1) is 0 Å². The molecule has 1 saturated heterocycles. The van der Waals surface area contributed by atoms with Crippen LogP contribution in [0.15, 0.2) is 36.7 Å². The first-order chi connectivity index (χ1) is 12.9. The molecule has 3 rings (SSSR count). The third kappa shape index (κ3) is 4.74. The standard InChI is InChI=1S/C19H22ClN5O2/c1-13(26)25-8-6-16(7-9-25)24(2)19(27)23-18-12-21-17(11-22-18)14-4-3-5-15(20)10-14/h3-5,10-12,16H,6-9H2,1-2H3,(H,22,23,27). The van der Waals surface area contributed by atoms with E-state index in [2.05, 4.69) is 15.3 Å². The molecule has 1 N–H and O–H groups in total. The summed E-state index contributed by atoms with van der Waals surface area (Å²) in [7, 11) is 1.76. The zero-order valence-corrected chi connectivity index (χ0v) is 16.1. The summed E-state index contributed by atoms with van der Waals surface area (Å²) in [6.45, 7) is 2.92. The van der Waals surface area contributed by atoms with E-state index in [1.54, 1.807) is 31.1 Å². The Labute approximate surface area is 163 Å². The molecule has 1 aromatic heterocycles. The fourth-order valence-corrected chi connectivity index (χ4v) is 3.31. The van der Waals surface area contributed by atoms with E-state index in [0.717, 1.165) is 18.4 Å². The molecule has 0 saturated carbocycles. The first kappa shape index (κ1) is 19.1. The number of carbonyl (C=O) groups excluding carboxylic acids is 2. The Bertz CT molecular complexity index is 819. The molecule has 0 atom stereocenters. The van der Waals surface area contributed by atoms with Gasteiger partial charge >= 0.3 is 6.03 Å². The Morgan fingerprint density at radius 2 is 1.96 bits per heavy atom. The molecule has 142 valence electrons. The third-order valence-corrected chi connectivity index (χ3v) is 5.02. The molecule has 2 heterocycles. The van der Waals surface area contributed by atoms with Crippen LogP contribution >= 0.6 is 11.6 Å². The summed E-state index contributed by atoms with van der Waals surface area (Å²) in [5, 5.41) is 3.40. The van der Waals surface area contributed by atoms with Crippen molar-refractivity contribution in [2.24, 2.45) is 0 Å². The summed E-state index contributed by atoms with van der Waals surface area (Å²) >= 11 is 6.00. The summed E-state index contributed by atoms with van der Waals surface area (Å²) in [6, 6.07) is 7.21. The summed E-state index contributed by atoms with van der Waals surface area (Å²) in [6.07, 6.45) is 4.67. The molecule has 0 unspecified atom stereocenters. The number of rotatable bonds is 3. The van der Waals surface area contributed by atoms with Crippen molar-refractivity contribution in [3.05, 3.63) is 41.7 Å². The van der Waals surface area contributed by atoms with Gasteiger partial charge in [0.2, 0.25) is 5.91 Å². The van der Waals surface area contributed by atoms with Gasteiger partial charge in [0, 0.05) is 43.7 Å². The summed E-state index contributed by atoms with van der Waals surface area (Å²) in [4.78, 5) is 36.0. The summed E-state index contributed by atoms with van der Waals surface area (Å²) in [5.74, 6) is 0.467. The number of carbonyl (C=O) groups is 2. The zero-order chi connectivity index (χ0) is 19.4. The van der Waals surface area contributed by atoms with Crippen molar-refractivity contribution in [3.8, 4) is 11.3 Å².